The molecular formula is C21H29N. The molecule has 3 rings (SSSR count). The van der Waals surface area contributed by atoms with E-state index in [4.69, 9.17) is 4.99 Å². The van der Waals surface area contributed by atoms with Gasteiger partial charge in [-0.3, -0.25) is 4.99 Å². The van der Waals surface area contributed by atoms with E-state index >= 15 is 0 Å². The molecule has 1 aliphatic carbocycles. The minimum absolute atomic E-state index is 0.516. The van der Waals surface area contributed by atoms with Crippen molar-refractivity contribution in [3.63, 3.8) is 0 Å². The molecule has 22 heavy (non-hydrogen) atoms. The smallest absolute Gasteiger partial charge is 0.0670 e. The first kappa shape index (κ1) is 15.5. The maximum Gasteiger partial charge on any atom is 0.0670 e. The third-order valence-corrected chi connectivity index (χ3v) is 5.79. The third-order valence-electron chi connectivity index (χ3n) is 5.79. The largest absolute Gasteiger partial charge is 0.260 e. The number of hydrogen-bond donors (Lipinski definition) is 0. The summed E-state index contributed by atoms with van der Waals surface area (Å²) in [6, 6.07) is 6.89. The standard InChI is InChI=1S/C21H29N/c1-4-16(5-2)20-14-22-21-13-18(11-12-19(20)21)15(3)17-9-7-6-8-10-17/h11-14,16-17,20H,3-10H2,1-2H3. The van der Waals surface area contributed by atoms with Gasteiger partial charge in [0.1, 0.15) is 0 Å². The first-order valence-corrected chi connectivity index (χ1v) is 9.11. The Hall–Kier alpha value is -1.37. The summed E-state index contributed by atoms with van der Waals surface area (Å²) in [5.41, 5.74) is 5.26. The van der Waals surface area contributed by atoms with Gasteiger partial charge >= 0.3 is 0 Å². The monoisotopic (exact) mass is 295 g/mol. The predicted molar refractivity (Wildman–Crippen MR) is 97.0 cm³/mol. The zero-order valence-electron chi connectivity index (χ0n) is 14.1. The molecule has 1 nitrogen and oxygen atoms in total. The molecule has 1 aliphatic heterocycles. The second kappa shape index (κ2) is 6.81. The molecule has 2 aliphatic rings. The average molecular weight is 295 g/mol. The van der Waals surface area contributed by atoms with Gasteiger partial charge in [-0.15, -0.1) is 0 Å². The van der Waals surface area contributed by atoms with Crippen LogP contribution in [0.5, 0.6) is 0 Å². The lowest BCUT2D eigenvalue weighted by Gasteiger charge is -2.24. The molecule has 1 fully saturated rings. The second-order valence-corrected chi connectivity index (χ2v) is 7.01. The van der Waals surface area contributed by atoms with Gasteiger partial charge in [0, 0.05) is 12.1 Å². The minimum atomic E-state index is 0.516. The van der Waals surface area contributed by atoms with Crippen LogP contribution in [0.15, 0.2) is 29.8 Å². The molecule has 0 saturated heterocycles. The topological polar surface area (TPSA) is 12.4 Å². The quantitative estimate of drug-likeness (QED) is 0.586. The molecule has 1 atom stereocenters. The van der Waals surface area contributed by atoms with Crippen molar-refractivity contribution in [2.45, 2.75) is 64.7 Å². The van der Waals surface area contributed by atoms with Crippen molar-refractivity contribution >= 4 is 17.5 Å². The Morgan fingerprint density at radius 1 is 1.18 bits per heavy atom. The van der Waals surface area contributed by atoms with E-state index in [9.17, 15) is 0 Å². The highest BCUT2D eigenvalue weighted by molar-refractivity contribution is 5.83. The van der Waals surface area contributed by atoms with Crippen LogP contribution < -0.4 is 0 Å². The van der Waals surface area contributed by atoms with Crippen LogP contribution in [0.2, 0.25) is 0 Å². The highest BCUT2D eigenvalue weighted by Gasteiger charge is 2.26. The number of benzene rings is 1. The summed E-state index contributed by atoms with van der Waals surface area (Å²) >= 11 is 0. The Kier molecular flexibility index (Phi) is 4.81. The lowest BCUT2D eigenvalue weighted by molar-refractivity contribution is 0.430. The lowest BCUT2D eigenvalue weighted by Crippen LogP contribution is -2.11. The van der Waals surface area contributed by atoms with E-state index in [1.54, 1.807) is 0 Å². The number of nitrogens with zero attached hydrogens (tertiary/aromatic N) is 1. The second-order valence-electron chi connectivity index (χ2n) is 7.01. The molecule has 1 aromatic rings. The van der Waals surface area contributed by atoms with E-state index in [-0.39, 0.29) is 0 Å². The molecule has 1 saturated carbocycles. The summed E-state index contributed by atoms with van der Waals surface area (Å²) in [6.07, 6.45) is 11.4. The van der Waals surface area contributed by atoms with Crippen molar-refractivity contribution in [1.82, 2.24) is 0 Å². The number of allylic oxidation sites excluding steroid dienone is 1. The van der Waals surface area contributed by atoms with E-state index in [0.29, 0.717) is 11.8 Å². The molecule has 0 amide bonds. The summed E-state index contributed by atoms with van der Waals surface area (Å²) in [5.74, 6) is 1.92. The van der Waals surface area contributed by atoms with Crippen LogP contribution >= 0.6 is 0 Å². The summed E-state index contributed by atoms with van der Waals surface area (Å²) in [4.78, 5) is 4.72. The van der Waals surface area contributed by atoms with Crippen molar-refractivity contribution in [2.75, 3.05) is 0 Å². The van der Waals surface area contributed by atoms with Gasteiger partial charge in [-0.05, 0) is 47.4 Å². The van der Waals surface area contributed by atoms with Gasteiger partial charge in [-0.1, -0.05) is 64.7 Å². The van der Waals surface area contributed by atoms with Crippen LogP contribution in [-0.2, 0) is 0 Å². The molecule has 0 N–H and O–H groups in total. The van der Waals surface area contributed by atoms with Crippen LogP contribution in [-0.4, -0.2) is 6.21 Å². The van der Waals surface area contributed by atoms with Crippen molar-refractivity contribution in [3.05, 3.63) is 35.9 Å². The molecule has 1 aromatic carbocycles. The Labute approximate surface area is 135 Å². The van der Waals surface area contributed by atoms with Gasteiger partial charge < -0.3 is 0 Å². The van der Waals surface area contributed by atoms with Gasteiger partial charge in [0.15, 0.2) is 0 Å². The van der Waals surface area contributed by atoms with E-state index in [1.165, 1.54) is 67.3 Å². The molecular weight excluding hydrogens is 266 g/mol. The van der Waals surface area contributed by atoms with Crippen LogP contribution in [0.4, 0.5) is 5.69 Å². The van der Waals surface area contributed by atoms with Gasteiger partial charge in [0.05, 0.1) is 5.69 Å². The highest BCUT2D eigenvalue weighted by atomic mass is 14.8. The lowest BCUT2D eigenvalue weighted by atomic mass is 9.80. The Bertz CT molecular complexity index is 559. The maximum atomic E-state index is 4.72. The fraction of sp³-hybridized carbons (Fsp3) is 0.571. The first-order valence-electron chi connectivity index (χ1n) is 9.11. The van der Waals surface area contributed by atoms with Crippen molar-refractivity contribution in [2.24, 2.45) is 16.8 Å². The normalized spacial score (nSPS) is 21.3. The molecule has 0 spiro atoms. The van der Waals surface area contributed by atoms with E-state index in [1.807, 2.05) is 0 Å². The molecule has 0 radical (unpaired) electrons. The van der Waals surface area contributed by atoms with Crippen molar-refractivity contribution in [1.29, 1.82) is 0 Å². The highest BCUT2D eigenvalue weighted by Crippen LogP contribution is 2.42. The molecule has 1 heteroatoms. The summed E-state index contributed by atoms with van der Waals surface area (Å²) in [5, 5.41) is 0. The zero-order valence-corrected chi connectivity index (χ0v) is 14.1. The van der Waals surface area contributed by atoms with Gasteiger partial charge in [0.2, 0.25) is 0 Å². The van der Waals surface area contributed by atoms with Gasteiger partial charge in [0.25, 0.3) is 0 Å². The third kappa shape index (κ3) is 2.91. The number of hydrogen-bond acceptors (Lipinski definition) is 1. The van der Waals surface area contributed by atoms with Crippen LogP contribution in [0.1, 0.15) is 75.8 Å². The van der Waals surface area contributed by atoms with E-state index in [2.05, 4.69) is 44.8 Å². The number of rotatable bonds is 5. The van der Waals surface area contributed by atoms with Gasteiger partial charge in [-0.25, -0.2) is 0 Å². The molecule has 1 heterocycles. The molecule has 0 aromatic heterocycles. The Morgan fingerprint density at radius 2 is 1.91 bits per heavy atom. The molecule has 0 bridgehead atoms. The molecule has 118 valence electrons. The average Bonchev–Trinajstić information content (AvgIpc) is 2.99. The fourth-order valence-electron chi connectivity index (χ4n) is 4.24. The number of aliphatic imine (C=N–C) groups is 1. The zero-order chi connectivity index (χ0) is 15.5. The summed E-state index contributed by atoms with van der Waals surface area (Å²) < 4.78 is 0. The Morgan fingerprint density at radius 3 is 2.59 bits per heavy atom. The first-order chi connectivity index (χ1) is 10.7. The predicted octanol–water partition coefficient (Wildman–Crippen LogP) is 6.52. The SMILES string of the molecule is C=C(c1ccc2c(c1)N=CC2C(CC)CC)C1CCCCC1. The molecule has 1 unspecified atom stereocenters. The van der Waals surface area contributed by atoms with Gasteiger partial charge in [-0.2, -0.15) is 0 Å². The number of fused-ring (bicyclic) bond motifs is 1. The Balaban J connectivity index is 1.80. The van der Waals surface area contributed by atoms with Crippen LogP contribution in [0.3, 0.4) is 0 Å². The summed E-state index contributed by atoms with van der Waals surface area (Å²) in [7, 11) is 0. The van der Waals surface area contributed by atoms with Crippen LogP contribution in [0.25, 0.3) is 5.57 Å². The summed E-state index contributed by atoms with van der Waals surface area (Å²) in [6.45, 7) is 8.99. The fourth-order valence-corrected chi connectivity index (χ4v) is 4.24. The van der Waals surface area contributed by atoms with Crippen molar-refractivity contribution < 1.29 is 0 Å². The van der Waals surface area contributed by atoms with Crippen molar-refractivity contribution in [3.8, 4) is 0 Å². The van der Waals surface area contributed by atoms with E-state index < -0.39 is 0 Å². The maximum absolute atomic E-state index is 4.72. The van der Waals surface area contributed by atoms with Crippen LogP contribution in [0, 0.1) is 11.8 Å². The van der Waals surface area contributed by atoms with E-state index in [0.717, 1.165) is 5.92 Å². The minimum Gasteiger partial charge on any atom is -0.260 e.